The highest BCUT2D eigenvalue weighted by atomic mass is 15.5. The van der Waals surface area contributed by atoms with E-state index in [1.165, 1.54) is 6.42 Å². The van der Waals surface area contributed by atoms with Crippen LogP contribution in [0, 0.1) is 11.3 Å². The third-order valence-electron chi connectivity index (χ3n) is 5.47. The lowest BCUT2D eigenvalue weighted by molar-refractivity contribution is 0.125. The smallest absolute Gasteiger partial charge is 0.199 e. The number of guanidine groups is 1. The van der Waals surface area contributed by atoms with Crippen LogP contribution in [0.15, 0.2) is 29.3 Å². The number of hydrogen-bond donors (Lipinski definition) is 1. The number of nitriles is 1. The Labute approximate surface area is 149 Å². The second-order valence-electron chi connectivity index (χ2n) is 7.32. The van der Waals surface area contributed by atoms with Crippen molar-refractivity contribution < 1.29 is 0 Å². The monoisotopic (exact) mass is 338 g/mol. The summed E-state index contributed by atoms with van der Waals surface area (Å²) in [6, 6.07) is 10.4. The minimum atomic E-state index is 0.228. The lowest BCUT2D eigenvalue weighted by Crippen LogP contribution is -2.57. The molecule has 6 heteroatoms. The van der Waals surface area contributed by atoms with E-state index in [4.69, 9.17) is 10.7 Å². The van der Waals surface area contributed by atoms with Crippen molar-refractivity contribution in [3.63, 3.8) is 0 Å². The molecule has 2 fully saturated rings. The molecule has 0 aromatic heterocycles. The standard InChI is InChI=1S/C19H26N6/c20-11-15-5-1-2-6-16(15)12-25-14-24-10-4-8-18(24)22-19(25)23-9-3-7-17(21)13-23/h1-2,5-6,17-18H,3-4,7-10,12-14,21H2. The predicted molar refractivity (Wildman–Crippen MR) is 97.5 cm³/mol. The van der Waals surface area contributed by atoms with E-state index < -0.39 is 0 Å². The molecule has 132 valence electrons. The van der Waals surface area contributed by atoms with E-state index in [9.17, 15) is 5.26 Å². The highest BCUT2D eigenvalue weighted by Crippen LogP contribution is 2.26. The van der Waals surface area contributed by atoms with Crippen LogP contribution in [0.5, 0.6) is 0 Å². The van der Waals surface area contributed by atoms with E-state index in [0.717, 1.165) is 69.2 Å². The van der Waals surface area contributed by atoms with Gasteiger partial charge in [0.25, 0.3) is 0 Å². The minimum absolute atomic E-state index is 0.228. The van der Waals surface area contributed by atoms with Crippen molar-refractivity contribution in [1.29, 1.82) is 5.26 Å². The number of nitrogens with zero attached hydrogens (tertiary/aromatic N) is 5. The fraction of sp³-hybridized carbons (Fsp3) is 0.579. The number of likely N-dealkylation sites (tertiary alicyclic amines) is 1. The van der Waals surface area contributed by atoms with E-state index in [1.807, 2.05) is 24.3 Å². The Morgan fingerprint density at radius 1 is 1.20 bits per heavy atom. The fourth-order valence-corrected chi connectivity index (χ4v) is 4.18. The Bertz CT molecular complexity index is 693. The summed E-state index contributed by atoms with van der Waals surface area (Å²) < 4.78 is 0. The fourth-order valence-electron chi connectivity index (χ4n) is 4.18. The largest absolute Gasteiger partial charge is 0.341 e. The number of piperidine rings is 1. The van der Waals surface area contributed by atoms with Gasteiger partial charge in [-0.15, -0.1) is 0 Å². The molecule has 0 amide bonds. The molecular weight excluding hydrogens is 312 g/mol. The van der Waals surface area contributed by atoms with Crippen LogP contribution >= 0.6 is 0 Å². The van der Waals surface area contributed by atoms with Gasteiger partial charge < -0.3 is 15.5 Å². The molecule has 0 aliphatic carbocycles. The topological polar surface area (TPSA) is 71.9 Å². The summed E-state index contributed by atoms with van der Waals surface area (Å²) in [6.07, 6.45) is 4.89. The Morgan fingerprint density at radius 3 is 2.88 bits per heavy atom. The Balaban J connectivity index is 1.61. The van der Waals surface area contributed by atoms with Gasteiger partial charge in [-0.2, -0.15) is 5.26 Å². The van der Waals surface area contributed by atoms with Gasteiger partial charge in [0.1, 0.15) is 6.17 Å². The maximum absolute atomic E-state index is 9.41. The summed E-state index contributed by atoms with van der Waals surface area (Å²) in [7, 11) is 0. The first-order chi connectivity index (χ1) is 12.2. The van der Waals surface area contributed by atoms with Crippen LogP contribution in [0.4, 0.5) is 0 Å². The van der Waals surface area contributed by atoms with Gasteiger partial charge in [0.2, 0.25) is 0 Å². The van der Waals surface area contributed by atoms with Crippen molar-refractivity contribution in [1.82, 2.24) is 14.7 Å². The van der Waals surface area contributed by atoms with E-state index in [0.29, 0.717) is 6.17 Å². The highest BCUT2D eigenvalue weighted by Gasteiger charge is 2.35. The molecule has 1 aromatic carbocycles. The average Bonchev–Trinajstić information content (AvgIpc) is 3.09. The zero-order chi connectivity index (χ0) is 17.2. The summed E-state index contributed by atoms with van der Waals surface area (Å²) in [5.41, 5.74) is 8.03. The van der Waals surface area contributed by atoms with Crippen LogP contribution in [0.3, 0.4) is 0 Å². The molecule has 0 bridgehead atoms. The molecule has 2 saturated heterocycles. The summed E-state index contributed by atoms with van der Waals surface area (Å²) in [5.74, 6) is 1.08. The molecule has 2 N–H and O–H groups in total. The number of aliphatic imine (C=N–C) groups is 1. The average molecular weight is 338 g/mol. The third-order valence-corrected chi connectivity index (χ3v) is 5.47. The second-order valence-corrected chi connectivity index (χ2v) is 7.32. The molecule has 0 saturated carbocycles. The lowest BCUT2D eigenvalue weighted by Gasteiger charge is -2.44. The number of benzene rings is 1. The van der Waals surface area contributed by atoms with Gasteiger partial charge in [-0.1, -0.05) is 18.2 Å². The first-order valence-electron chi connectivity index (χ1n) is 9.30. The van der Waals surface area contributed by atoms with Crippen LogP contribution in [0.2, 0.25) is 0 Å². The van der Waals surface area contributed by atoms with Gasteiger partial charge in [0.05, 0.1) is 18.3 Å². The van der Waals surface area contributed by atoms with Gasteiger partial charge in [0.15, 0.2) is 5.96 Å². The van der Waals surface area contributed by atoms with Crippen molar-refractivity contribution in [3.05, 3.63) is 35.4 Å². The quantitative estimate of drug-likeness (QED) is 0.885. The molecule has 0 spiro atoms. The minimum Gasteiger partial charge on any atom is -0.341 e. The molecule has 4 rings (SSSR count). The lowest BCUT2D eigenvalue weighted by atomic mass is 10.1. The van der Waals surface area contributed by atoms with Crippen molar-refractivity contribution in [2.75, 3.05) is 26.3 Å². The molecular formula is C19H26N6. The van der Waals surface area contributed by atoms with Crippen molar-refractivity contribution in [2.45, 2.75) is 44.4 Å². The molecule has 6 nitrogen and oxygen atoms in total. The Morgan fingerprint density at radius 2 is 2.04 bits per heavy atom. The molecule has 25 heavy (non-hydrogen) atoms. The van der Waals surface area contributed by atoms with Gasteiger partial charge in [-0.25, -0.2) is 4.99 Å². The first-order valence-corrected chi connectivity index (χ1v) is 9.30. The number of hydrogen-bond acceptors (Lipinski definition) is 6. The highest BCUT2D eigenvalue weighted by molar-refractivity contribution is 5.81. The molecule has 3 aliphatic heterocycles. The van der Waals surface area contributed by atoms with Gasteiger partial charge in [-0.3, -0.25) is 4.90 Å². The molecule has 2 atom stereocenters. The second kappa shape index (κ2) is 7.03. The number of rotatable bonds is 2. The zero-order valence-corrected chi connectivity index (χ0v) is 14.6. The molecule has 3 aliphatic rings. The van der Waals surface area contributed by atoms with Crippen LogP contribution < -0.4 is 5.73 Å². The zero-order valence-electron chi connectivity index (χ0n) is 14.6. The van der Waals surface area contributed by atoms with Crippen LogP contribution in [0.1, 0.15) is 36.8 Å². The summed E-state index contributed by atoms with van der Waals surface area (Å²) >= 11 is 0. The number of fused-ring (bicyclic) bond motifs is 1. The van der Waals surface area contributed by atoms with Gasteiger partial charge in [0, 0.05) is 32.2 Å². The maximum Gasteiger partial charge on any atom is 0.199 e. The molecule has 3 heterocycles. The van der Waals surface area contributed by atoms with E-state index >= 15 is 0 Å². The molecule has 1 aromatic rings. The summed E-state index contributed by atoms with van der Waals surface area (Å²) in [4.78, 5) is 12.2. The van der Waals surface area contributed by atoms with E-state index in [2.05, 4.69) is 20.8 Å². The Kier molecular flexibility index (Phi) is 4.60. The number of nitrogens with two attached hydrogens (primary N) is 1. The van der Waals surface area contributed by atoms with E-state index in [-0.39, 0.29) is 6.04 Å². The van der Waals surface area contributed by atoms with Crippen molar-refractivity contribution >= 4 is 5.96 Å². The Hall–Kier alpha value is -2.10. The molecule has 2 unspecified atom stereocenters. The van der Waals surface area contributed by atoms with Gasteiger partial charge in [-0.05, 0) is 37.3 Å². The predicted octanol–water partition coefficient (Wildman–Crippen LogP) is 1.53. The van der Waals surface area contributed by atoms with Crippen molar-refractivity contribution in [3.8, 4) is 6.07 Å². The van der Waals surface area contributed by atoms with Crippen LogP contribution in [-0.2, 0) is 6.54 Å². The van der Waals surface area contributed by atoms with Crippen LogP contribution in [0.25, 0.3) is 0 Å². The summed E-state index contributed by atoms with van der Waals surface area (Å²) in [6.45, 7) is 4.61. The van der Waals surface area contributed by atoms with Gasteiger partial charge >= 0.3 is 0 Å². The maximum atomic E-state index is 9.41. The third kappa shape index (κ3) is 3.35. The van der Waals surface area contributed by atoms with Crippen LogP contribution in [-0.4, -0.2) is 59.2 Å². The van der Waals surface area contributed by atoms with Crippen molar-refractivity contribution in [2.24, 2.45) is 10.7 Å². The summed E-state index contributed by atoms with van der Waals surface area (Å²) in [5, 5.41) is 9.41. The molecule has 0 radical (unpaired) electrons. The SMILES string of the molecule is N#Cc1ccccc1CN1CN2CCCC2N=C1N1CCCC(N)C1. The first kappa shape index (κ1) is 16.4. The normalized spacial score (nSPS) is 27.0. The van der Waals surface area contributed by atoms with E-state index in [1.54, 1.807) is 0 Å².